The number of hydrogen-bond donors (Lipinski definition) is 3. The normalized spacial score (nSPS) is 16.4. The van der Waals surface area contributed by atoms with Gasteiger partial charge in [-0.2, -0.15) is 14.9 Å². The van der Waals surface area contributed by atoms with Gasteiger partial charge in [-0.25, -0.2) is 0 Å². The third-order valence-corrected chi connectivity index (χ3v) is 7.53. The minimum Gasteiger partial charge on any atom is -0.344 e. The molecule has 0 saturated heterocycles. The van der Waals surface area contributed by atoms with Crippen LogP contribution in [-0.4, -0.2) is 48.3 Å². The molecular weight excluding hydrogens is 578 g/mol. The van der Waals surface area contributed by atoms with Crippen LogP contribution in [0.1, 0.15) is 29.3 Å². The summed E-state index contributed by atoms with van der Waals surface area (Å²) in [5.41, 5.74) is 11.2. The van der Waals surface area contributed by atoms with Gasteiger partial charge < -0.3 is 16.4 Å². The number of nitrogens with one attached hydrogen (secondary N) is 2. The van der Waals surface area contributed by atoms with E-state index in [-0.39, 0.29) is 23.8 Å². The molecule has 0 aliphatic heterocycles. The Hall–Kier alpha value is -5.26. The van der Waals surface area contributed by atoms with Crippen molar-refractivity contribution in [1.82, 2.24) is 35.7 Å². The lowest BCUT2D eigenvalue weighted by Gasteiger charge is -2.18. The van der Waals surface area contributed by atoms with Gasteiger partial charge in [-0.05, 0) is 76.9 Å². The standard InChI is InChI=1S/C32H28ClN9O2/c33-24-9-12-30(42-19-36-40-41-42)22(15-24)8-13-31(43)38-28(14-20-4-2-1-3-5-20)29-16-23(18-35-39-29)21-6-10-25(11-7-21)37-32(44)26-17-27(26)34/h1-13,15-16,18-19,26-28H,14,17,34H2,(H,37,44)(H,38,43). The smallest absolute Gasteiger partial charge is 0.244 e. The first kappa shape index (κ1) is 28.8. The Bertz CT molecular complexity index is 1790. The van der Waals surface area contributed by atoms with Crippen LogP contribution in [0.25, 0.3) is 22.9 Å². The summed E-state index contributed by atoms with van der Waals surface area (Å²) < 4.78 is 1.50. The number of amides is 2. The highest BCUT2D eigenvalue weighted by Gasteiger charge is 2.39. The number of tetrazole rings is 1. The highest BCUT2D eigenvalue weighted by atomic mass is 35.5. The topological polar surface area (TPSA) is 154 Å². The highest BCUT2D eigenvalue weighted by molar-refractivity contribution is 6.30. The van der Waals surface area contributed by atoms with Crippen molar-refractivity contribution in [3.8, 4) is 16.8 Å². The van der Waals surface area contributed by atoms with Gasteiger partial charge in [-0.15, -0.1) is 5.10 Å². The number of carbonyl (C=O) groups excluding carboxylic acids is 2. The molecule has 3 atom stereocenters. The number of hydrogen-bond acceptors (Lipinski definition) is 8. The number of anilines is 1. The number of benzene rings is 3. The van der Waals surface area contributed by atoms with Crippen LogP contribution in [0.15, 0.2) is 97.5 Å². The van der Waals surface area contributed by atoms with E-state index in [1.54, 1.807) is 30.5 Å². The van der Waals surface area contributed by atoms with Crippen molar-refractivity contribution in [3.63, 3.8) is 0 Å². The Kier molecular flexibility index (Phi) is 8.48. The summed E-state index contributed by atoms with van der Waals surface area (Å²) in [6, 6.07) is 24.0. The van der Waals surface area contributed by atoms with Gasteiger partial charge in [0.15, 0.2) is 0 Å². The average molecular weight is 606 g/mol. The van der Waals surface area contributed by atoms with Crippen molar-refractivity contribution < 1.29 is 9.59 Å². The number of halogens is 1. The van der Waals surface area contributed by atoms with Gasteiger partial charge in [-0.3, -0.25) is 9.59 Å². The largest absolute Gasteiger partial charge is 0.344 e. The van der Waals surface area contributed by atoms with Crippen molar-refractivity contribution in [2.45, 2.75) is 24.9 Å². The number of nitrogens with zero attached hydrogens (tertiary/aromatic N) is 6. The SMILES string of the molecule is NC1CC1C(=O)Nc1ccc(-c2cnnc(C(Cc3ccccc3)NC(=O)C=Cc3cc(Cl)ccc3-n3cnnn3)c2)cc1. The predicted molar refractivity (Wildman–Crippen MR) is 166 cm³/mol. The molecule has 1 aliphatic rings. The van der Waals surface area contributed by atoms with E-state index in [1.165, 1.54) is 17.1 Å². The van der Waals surface area contributed by atoms with E-state index in [4.69, 9.17) is 17.3 Å². The molecule has 1 saturated carbocycles. The summed E-state index contributed by atoms with van der Waals surface area (Å²) in [7, 11) is 0. The quantitative estimate of drug-likeness (QED) is 0.200. The molecule has 12 heteroatoms. The molecule has 1 fully saturated rings. The first-order chi connectivity index (χ1) is 21.4. The van der Waals surface area contributed by atoms with Crippen LogP contribution in [0.5, 0.6) is 0 Å². The first-order valence-corrected chi connectivity index (χ1v) is 14.4. The van der Waals surface area contributed by atoms with Gasteiger partial charge in [0, 0.05) is 34.0 Å². The van der Waals surface area contributed by atoms with Crippen LogP contribution in [0, 0.1) is 5.92 Å². The second-order valence-electron chi connectivity index (χ2n) is 10.5. The first-order valence-electron chi connectivity index (χ1n) is 14.0. The molecule has 1 aliphatic carbocycles. The molecular formula is C32H28ClN9O2. The van der Waals surface area contributed by atoms with E-state index in [0.717, 1.165) is 16.7 Å². The van der Waals surface area contributed by atoms with Crippen LogP contribution in [-0.2, 0) is 16.0 Å². The monoisotopic (exact) mass is 605 g/mol. The number of aromatic nitrogens is 6. The molecule has 2 aromatic heterocycles. The molecule has 5 aromatic rings. The molecule has 2 heterocycles. The maximum Gasteiger partial charge on any atom is 0.244 e. The van der Waals surface area contributed by atoms with Crippen molar-refractivity contribution in [3.05, 3.63) is 119 Å². The number of rotatable bonds is 10. The van der Waals surface area contributed by atoms with Crippen molar-refractivity contribution >= 4 is 35.2 Å². The number of nitrogens with two attached hydrogens (primary N) is 1. The fourth-order valence-corrected chi connectivity index (χ4v) is 4.99. The van der Waals surface area contributed by atoms with Gasteiger partial charge in [0.2, 0.25) is 11.8 Å². The van der Waals surface area contributed by atoms with E-state index >= 15 is 0 Å². The Morgan fingerprint density at radius 3 is 2.55 bits per heavy atom. The Morgan fingerprint density at radius 2 is 1.82 bits per heavy atom. The minimum atomic E-state index is -0.471. The molecule has 3 aromatic carbocycles. The average Bonchev–Trinajstić information content (AvgIpc) is 3.53. The van der Waals surface area contributed by atoms with E-state index < -0.39 is 6.04 Å². The maximum atomic E-state index is 13.3. The van der Waals surface area contributed by atoms with E-state index in [2.05, 4.69) is 36.4 Å². The summed E-state index contributed by atoms with van der Waals surface area (Å²) in [6.45, 7) is 0. The van der Waals surface area contributed by atoms with Gasteiger partial charge in [0.05, 0.1) is 29.5 Å². The van der Waals surface area contributed by atoms with Crippen LogP contribution in [0.3, 0.4) is 0 Å². The minimum absolute atomic E-state index is 0.0538. The summed E-state index contributed by atoms with van der Waals surface area (Å²) in [4.78, 5) is 25.5. The van der Waals surface area contributed by atoms with Crippen LogP contribution in [0.4, 0.5) is 5.69 Å². The lowest BCUT2D eigenvalue weighted by atomic mass is 10.00. The summed E-state index contributed by atoms with van der Waals surface area (Å²) in [5.74, 6) is -0.503. The molecule has 6 rings (SSSR count). The zero-order valence-corrected chi connectivity index (χ0v) is 24.2. The molecule has 2 amide bonds. The van der Waals surface area contributed by atoms with E-state index in [1.807, 2.05) is 60.7 Å². The molecule has 0 spiro atoms. The molecule has 0 radical (unpaired) electrons. The predicted octanol–water partition coefficient (Wildman–Crippen LogP) is 4.17. The van der Waals surface area contributed by atoms with Gasteiger partial charge in [0.25, 0.3) is 0 Å². The third kappa shape index (κ3) is 7.02. The van der Waals surface area contributed by atoms with Crippen molar-refractivity contribution in [2.24, 2.45) is 11.7 Å². The second kappa shape index (κ2) is 12.9. The second-order valence-corrected chi connectivity index (χ2v) is 10.9. The lowest BCUT2D eigenvalue weighted by molar-refractivity contribution is -0.118. The molecule has 3 unspecified atom stereocenters. The van der Waals surface area contributed by atoms with Crippen molar-refractivity contribution in [1.29, 1.82) is 0 Å². The van der Waals surface area contributed by atoms with Gasteiger partial charge in [-0.1, -0.05) is 54.1 Å². The van der Waals surface area contributed by atoms with Crippen LogP contribution in [0.2, 0.25) is 5.02 Å². The van der Waals surface area contributed by atoms with E-state index in [9.17, 15) is 9.59 Å². The Morgan fingerprint density at radius 1 is 1.02 bits per heavy atom. The lowest BCUT2D eigenvalue weighted by Crippen LogP contribution is -2.29. The molecule has 4 N–H and O–H groups in total. The third-order valence-electron chi connectivity index (χ3n) is 7.29. The van der Waals surface area contributed by atoms with Gasteiger partial charge >= 0.3 is 0 Å². The number of carbonyl (C=O) groups is 2. The maximum absolute atomic E-state index is 13.3. The fraction of sp³-hybridized carbons (Fsp3) is 0.156. The van der Waals surface area contributed by atoms with Crippen LogP contribution < -0.4 is 16.4 Å². The Labute approximate surface area is 258 Å². The summed E-state index contributed by atoms with van der Waals surface area (Å²) >= 11 is 6.23. The zero-order valence-electron chi connectivity index (χ0n) is 23.4. The van der Waals surface area contributed by atoms with Crippen molar-refractivity contribution in [2.75, 3.05) is 5.32 Å². The summed E-state index contributed by atoms with van der Waals surface area (Å²) in [6.07, 6.45) is 7.46. The fourth-order valence-electron chi connectivity index (χ4n) is 4.81. The molecule has 11 nitrogen and oxygen atoms in total. The van der Waals surface area contributed by atoms with E-state index in [0.29, 0.717) is 40.5 Å². The van der Waals surface area contributed by atoms with Crippen LogP contribution >= 0.6 is 11.6 Å². The Balaban J connectivity index is 1.22. The molecule has 44 heavy (non-hydrogen) atoms. The summed E-state index contributed by atoms with van der Waals surface area (Å²) in [5, 5.41) is 26.5. The highest BCUT2D eigenvalue weighted by Crippen LogP contribution is 2.30. The molecule has 220 valence electrons. The zero-order chi connectivity index (χ0) is 30.5. The molecule has 0 bridgehead atoms. The van der Waals surface area contributed by atoms with Gasteiger partial charge in [0.1, 0.15) is 6.33 Å².